The van der Waals surface area contributed by atoms with Gasteiger partial charge in [-0.05, 0) is 74.2 Å². The van der Waals surface area contributed by atoms with Crippen LogP contribution < -0.4 is 10.1 Å². The van der Waals surface area contributed by atoms with Crippen LogP contribution in [0.5, 0.6) is 5.75 Å². The van der Waals surface area contributed by atoms with E-state index in [9.17, 15) is 0 Å². The summed E-state index contributed by atoms with van der Waals surface area (Å²) in [4.78, 5) is 2.85. The second kappa shape index (κ2) is 5.08. The minimum atomic E-state index is 0.0352. The number of nitrogens with one attached hydrogen (secondary N) is 1. The third-order valence-corrected chi connectivity index (χ3v) is 9.10. The first-order valence-corrected chi connectivity index (χ1v) is 11.1. The first-order chi connectivity index (χ1) is 13.2. The minimum Gasteiger partial charge on any atom is -0.497 e. The van der Waals surface area contributed by atoms with E-state index >= 15 is 0 Å². The number of hydrogen-bond acceptors (Lipinski definition) is 4. The lowest BCUT2D eigenvalue weighted by Gasteiger charge is -2.64. The standard InChI is InChI=1S/C23H30N2O2/c1-26-16-5-4-15-10-20-23-7-6-18-21(19(27-23)12-24-18)22(23,17(15)11-16)8-9-25(20)13-14-2-3-14/h4-5,11,14,18-21,24H,2-3,6-10,12-13H2,1H3/t18?,19-,20?,21?,22?,23?/m1/s1. The van der Waals surface area contributed by atoms with E-state index in [1.54, 1.807) is 18.2 Å². The Balaban J connectivity index is 1.44. The first kappa shape index (κ1) is 15.8. The molecule has 2 saturated carbocycles. The highest BCUT2D eigenvalue weighted by Crippen LogP contribution is 2.68. The fourth-order valence-electron chi connectivity index (χ4n) is 8.01. The van der Waals surface area contributed by atoms with Gasteiger partial charge >= 0.3 is 0 Å². The SMILES string of the molecule is COc1ccc2c(c1)C13CCN(CC4CC4)C(C2)C12CCC1NC[C@@H](O2)C13. The second-order valence-corrected chi connectivity index (χ2v) is 10.0. The van der Waals surface area contributed by atoms with Gasteiger partial charge in [0.25, 0.3) is 0 Å². The molecule has 3 heterocycles. The van der Waals surface area contributed by atoms with Crippen LogP contribution in [0.25, 0.3) is 0 Å². The monoisotopic (exact) mass is 366 g/mol. The van der Waals surface area contributed by atoms with Gasteiger partial charge in [0, 0.05) is 36.5 Å². The maximum atomic E-state index is 7.14. The Morgan fingerprint density at radius 3 is 3.04 bits per heavy atom. The Labute approximate surface area is 161 Å². The summed E-state index contributed by atoms with van der Waals surface area (Å²) < 4.78 is 12.8. The summed E-state index contributed by atoms with van der Waals surface area (Å²) in [6.07, 6.45) is 8.20. The molecule has 4 bridgehead atoms. The Kier molecular flexibility index (Phi) is 2.97. The molecule has 1 aromatic rings. The molecule has 1 N–H and O–H groups in total. The number of piperidine rings is 1. The van der Waals surface area contributed by atoms with Gasteiger partial charge < -0.3 is 14.8 Å². The predicted octanol–water partition coefficient (Wildman–Crippen LogP) is 2.49. The van der Waals surface area contributed by atoms with Gasteiger partial charge in [-0.2, -0.15) is 0 Å². The van der Waals surface area contributed by atoms with Crippen LogP contribution in [0.15, 0.2) is 18.2 Å². The molecule has 27 heavy (non-hydrogen) atoms. The van der Waals surface area contributed by atoms with Crippen molar-refractivity contribution in [3.05, 3.63) is 29.3 Å². The van der Waals surface area contributed by atoms with Crippen molar-refractivity contribution in [1.29, 1.82) is 0 Å². The zero-order chi connectivity index (χ0) is 17.8. The maximum absolute atomic E-state index is 7.14. The molecular formula is C23H30N2O2. The highest BCUT2D eigenvalue weighted by atomic mass is 16.5. The van der Waals surface area contributed by atoms with Crippen LogP contribution in [0, 0.1) is 11.8 Å². The number of likely N-dealkylation sites (tertiary alicyclic amines) is 1. The number of nitrogens with zero attached hydrogens (tertiary/aromatic N) is 1. The highest BCUT2D eigenvalue weighted by Gasteiger charge is 2.76. The van der Waals surface area contributed by atoms with Gasteiger partial charge in [-0.1, -0.05) is 6.07 Å². The van der Waals surface area contributed by atoms with E-state index in [0.29, 0.717) is 24.1 Å². The Morgan fingerprint density at radius 2 is 2.19 bits per heavy atom. The first-order valence-electron chi connectivity index (χ1n) is 11.1. The van der Waals surface area contributed by atoms with Crippen molar-refractivity contribution in [2.24, 2.45) is 11.8 Å². The van der Waals surface area contributed by atoms with E-state index in [1.807, 2.05) is 0 Å². The molecule has 1 aromatic carbocycles. The van der Waals surface area contributed by atoms with Crippen LogP contribution in [0.4, 0.5) is 0 Å². The van der Waals surface area contributed by atoms with Crippen molar-refractivity contribution in [3.63, 3.8) is 0 Å². The minimum absolute atomic E-state index is 0.0352. The fourth-order valence-corrected chi connectivity index (χ4v) is 8.01. The number of fused-ring (bicyclic) bond motifs is 1. The molecule has 6 atom stereocenters. The summed E-state index contributed by atoms with van der Waals surface area (Å²) >= 11 is 0. The van der Waals surface area contributed by atoms with E-state index in [0.717, 1.165) is 24.6 Å². The lowest BCUT2D eigenvalue weighted by molar-refractivity contribution is -0.164. The fraction of sp³-hybridized carbons (Fsp3) is 0.739. The summed E-state index contributed by atoms with van der Waals surface area (Å²) in [6.45, 7) is 3.60. The van der Waals surface area contributed by atoms with Crippen LogP contribution in [0.3, 0.4) is 0 Å². The summed E-state index contributed by atoms with van der Waals surface area (Å²) in [5, 5.41) is 3.82. The van der Waals surface area contributed by atoms with E-state index < -0.39 is 0 Å². The number of rotatable bonds is 3. The molecule has 7 rings (SSSR count). The molecule has 144 valence electrons. The summed E-state index contributed by atoms with van der Waals surface area (Å²) in [5.41, 5.74) is 3.36. The van der Waals surface area contributed by atoms with Gasteiger partial charge in [-0.15, -0.1) is 0 Å². The van der Waals surface area contributed by atoms with E-state index in [2.05, 4.69) is 28.4 Å². The molecule has 3 aliphatic heterocycles. The van der Waals surface area contributed by atoms with Crippen LogP contribution in [-0.2, 0) is 16.6 Å². The van der Waals surface area contributed by atoms with E-state index in [4.69, 9.17) is 9.47 Å². The van der Waals surface area contributed by atoms with Crippen molar-refractivity contribution >= 4 is 0 Å². The number of methoxy groups -OCH3 is 1. The lowest BCUT2D eigenvalue weighted by Crippen LogP contribution is -2.74. The van der Waals surface area contributed by atoms with E-state index in [-0.39, 0.29) is 11.0 Å². The highest BCUT2D eigenvalue weighted by molar-refractivity contribution is 5.51. The van der Waals surface area contributed by atoms with Gasteiger partial charge in [0.15, 0.2) is 0 Å². The molecule has 3 saturated heterocycles. The number of benzene rings is 1. The smallest absolute Gasteiger partial charge is 0.119 e. The summed E-state index contributed by atoms with van der Waals surface area (Å²) in [6, 6.07) is 8.12. The zero-order valence-corrected chi connectivity index (χ0v) is 16.2. The van der Waals surface area contributed by atoms with Crippen molar-refractivity contribution in [1.82, 2.24) is 10.2 Å². The average molecular weight is 367 g/mol. The van der Waals surface area contributed by atoms with Crippen LogP contribution in [0.1, 0.15) is 43.2 Å². The van der Waals surface area contributed by atoms with Crippen molar-refractivity contribution in [2.75, 3.05) is 26.7 Å². The van der Waals surface area contributed by atoms with Crippen molar-refractivity contribution < 1.29 is 9.47 Å². The summed E-state index contributed by atoms with van der Waals surface area (Å²) in [7, 11) is 1.80. The second-order valence-electron chi connectivity index (χ2n) is 10.0. The molecule has 3 aliphatic carbocycles. The molecule has 0 radical (unpaired) electrons. The molecule has 0 spiro atoms. The zero-order valence-electron chi connectivity index (χ0n) is 16.2. The normalized spacial score (nSPS) is 46.9. The third kappa shape index (κ3) is 1.77. The van der Waals surface area contributed by atoms with Gasteiger partial charge in [-0.3, -0.25) is 4.90 Å². The Hall–Kier alpha value is -1.10. The Bertz CT molecular complexity index is 808. The predicted molar refractivity (Wildman–Crippen MR) is 103 cm³/mol. The van der Waals surface area contributed by atoms with Gasteiger partial charge in [0.1, 0.15) is 5.75 Å². The topological polar surface area (TPSA) is 33.7 Å². The largest absolute Gasteiger partial charge is 0.497 e. The number of ether oxygens (including phenoxy) is 2. The van der Waals surface area contributed by atoms with Crippen molar-refractivity contribution in [3.8, 4) is 5.75 Å². The molecular weight excluding hydrogens is 336 g/mol. The molecule has 0 aromatic heterocycles. The molecule has 5 fully saturated rings. The van der Waals surface area contributed by atoms with Gasteiger partial charge in [0.05, 0.1) is 18.8 Å². The molecule has 5 unspecified atom stereocenters. The quantitative estimate of drug-likeness (QED) is 0.891. The van der Waals surface area contributed by atoms with Crippen LogP contribution in [0.2, 0.25) is 0 Å². The average Bonchev–Trinajstić information content (AvgIpc) is 3.35. The lowest BCUT2D eigenvalue weighted by atomic mass is 9.46. The molecule has 0 amide bonds. The molecule has 4 nitrogen and oxygen atoms in total. The maximum Gasteiger partial charge on any atom is 0.119 e. The third-order valence-electron chi connectivity index (χ3n) is 9.10. The summed E-state index contributed by atoms with van der Waals surface area (Å²) in [5.74, 6) is 2.61. The number of hydrogen-bond donors (Lipinski definition) is 1. The Morgan fingerprint density at radius 1 is 1.26 bits per heavy atom. The van der Waals surface area contributed by atoms with Gasteiger partial charge in [-0.25, -0.2) is 0 Å². The van der Waals surface area contributed by atoms with Gasteiger partial charge in [0.2, 0.25) is 0 Å². The van der Waals surface area contributed by atoms with Crippen molar-refractivity contribution in [2.45, 2.75) is 67.7 Å². The van der Waals surface area contributed by atoms with E-state index in [1.165, 1.54) is 45.2 Å². The molecule has 4 heteroatoms. The molecule has 6 aliphatic rings. The van der Waals surface area contributed by atoms with Crippen LogP contribution in [-0.4, -0.2) is 55.4 Å². The van der Waals surface area contributed by atoms with Crippen LogP contribution >= 0.6 is 0 Å².